The van der Waals surface area contributed by atoms with Gasteiger partial charge < -0.3 is 30.3 Å². The Morgan fingerprint density at radius 2 is 1.86 bits per heavy atom. The van der Waals surface area contributed by atoms with Crippen molar-refractivity contribution < 1.29 is 24.4 Å². The third-order valence-electron chi connectivity index (χ3n) is 7.80. The molecular formula is C25H37BN4O5. The van der Waals surface area contributed by atoms with Crippen molar-refractivity contribution in [3.8, 4) is 5.75 Å². The number of carbonyl (C=O) groups is 2. The minimum absolute atomic E-state index is 0.0172. The van der Waals surface area contributed by atoms with Gasteiger partial charge in [-0.05, 0) is 81.9 Å². The van der Waals surface area contributed by atoms with Crippen molar-refractivity contribution in [2.24, 2.45) is 11.8 Å². The number of nitrogens with zero attached hydrogens (tertiary/aromatic N) is 1. The number of fused-ring (bicyclic) bond motifs is 1. The van der Waals surface area contributed by atoms with Gasteiger partial charge in [-0.15, -0.1) is 0 Å². The number of carbonyl (C=O) groups excluding carboxylic acids is 1. The number of aromatic carboxylic acids is 1. The van der Waals surface area contributed by atoms with Gasteiger partial charge in [0, 0.05) is 25.6 Å². The number of rotatable bonds is 7. The topological polar surface area (TPSA) is 135 Å². The van der Waals surface area contributed by atoms with Crippen LogP contribution >= 0.6 is 0 Å². The maximum Gasteiger partial charge on any atom is 0.547 e. The van der Waals surface area contributed by atoms with Gasteiger partial charge in [-0.3, -0.25) is 10.2 Å². The summed E-state index contributed by atoms with van der Waals surface area (Å²) in [6.07, 6.45) is 7.18. The molecule has 0 aromatic heterocycles. The van der Waals surface area contributed by atoms with E-state index < -0.39 is 19.0 Å². The quantitative estimate of drug-likeness (QED) is 0.227. The maximum absolute atomic E-state index is 12.7. The monoisotopic (exact) mass is 484 g/mol. The Balaban J connectivity index is 1.17. The first-order chi connectivity index (χ1) is 16.8. The maximum atomic E-state index is 12.7. The van der Waals surface area contributed by atoms with E-state index in [1.807, 2.05) is 6.92 Å². The molecule has 2 aliphatic heterocycles. The van der Waals surface area contributed by atoms with Crippen LogP contribution in [0.3, 0.4) is 0 Å². The lowest BCUT2D eigenvalue weighted by Gasteiger charge is -2.35. The first-order valence-electron chi connectivity index (χ1n) is 12.8. The molecule has 3 aliphatic rings. The van der Waals surface area contributed by atoms with Gasteiger partial charge in [0.25, 0.3) is 0 Å². The van der Waals surface area contributed by atoms with Crippen molar-refractivity contribution in [2.75, 3.05) is 19.6 Å². The Bertz CT molecular complexity index is 928. The summed E-state index contributed by atoms with van der Waals surface area (Å²) in [4.78, 5) is 26.2. The Morgan fingerprint density at radius 3 is 2.51 bits per heavy atom. The number of piperidine rings is 1. The Hall–Kier alpha value is -2.59. The van der Waals surface area contributed by atoms with E-state index in [2.05, 4.69) is 15.5 Å². The third kappa shape index (κ3) is 6.55. The molecule has 0 radical (unpaired) electrons. The lowest BCUT2D eigenvalue weighted by molar-refractivity contribution is -0.122. The van der Waals surface area contributed by atoms with Crippen LogP contribution < -0.4 is 15.3 Å². The van der Waals surface area contributed by atoms with E-state index in [-0.39, 0.29) is 17.2 Å². The van der Waals surface area contributed by atoms with Gasteiger partial charge in [0.2, 0.25) is 5.91 Å². The number of hydrogen-bond acceptors (Lipinski definition) is 6. The Labute approximate surface area is 207 Å². The zero-order chi connectivity index (χ0) is 24.9. The molecule has 10 heteroatoms. The predicted molar refractivity (Wildman–Crippen MR) is 134 cm³/mol. The highest BCUT2D eigenvalue weighted by Gasteiger charge is 2.38. The van der Waals surface area contributed by atoms with Crippen LogP contribution in [0, 0.1) is 17.2 Å². The second-order valence-electron chi connectivity index (χ2n) is 10.3. The second-order valence-corrected chi connectivity index (χ2v) is 10.3. The molecular weight excluding hydrogens is 447 g/mol. The fourth-order valence-corrected chi connectivity index (χ4v) is 5.62. The number of carboxylic acid groups (broad SMARTS) is 1. The molecule has 2 fully saturated rings. The van der Waals surface area contributed by atoms with Crippen molar-refractivity contribution in [2.45, 2.75) is 70.3 Å². The summed E-state index contributed by atoms with van der Waals surface area (Å²) in [6.45, 7) is 4.86. The van der Waals surface area contributed by atoms with Gasteiger partial charge in [-0.1, -0.05) is 12.1 Å². The van der Waals surface area contributed by atoms with Crippen LogP contribution in [0.1, 0.15) is 67.8 Å². The zero-order valence-electron chi connectivity index (χ0n) is 20.5. The molecule has 1 aromatic carbocycles. The van der Waals surface area contributed by atoms with Crippen LogP contribution in [0.5, 0.6) is 5.75 Å². The van der Waals surface area contributed by atoms with Crippen molar-refractivity contribution >= 4 is 24.8 Å². The summed E-state index contributed by atoms with van der Waals surface area (Å²) in [5, 5.41) is 34.1. The number of hydrogen-bond donors (Lipinski definition) is 5. The molecule has 1 aromatic rings. The fraction of sp³-hybridized carbons (Fsp3) is 0.640. The lowest BCUT2D eigenvalue weighted by atomic mass is 9.72. The number of nitrogens with one attached hydrogen (secondary N) is 3. The van der Waals surface area contributed by atoms with E-state index in [9.17, 15) is 19.7 Å². The van der Waals surface area contributed by atoms with Gasteiger partial charge in [-0.25, -0.2) is 4.79 Å². The number of benzene rings is 1. The largest absolute Gasteiger partial charge is 0.547 e. The normalized spacial score (nSPS) is 24.9. The van der Waals surface area contributed by atoms with Crippen molar-refractivity contribution in [1.82, 2.24) is 15.5 Å². The molecule has 2 heterocycles. The average molecular weight is 484 g/mol. The summed E-state index contributed by atoms with van der Waals surface area (Å²) < 4.78 is 5.47. The highest BCUT2D eigenvalue weighted by molar-refractivity contribution is 6.47. The van der Waals surface area contributed by atoms with Gasteiger partial charge in [0.1, 0.15) is 5.75 Å². The molecule has 1 amide bonds. The number of amides is 1. The summed E-state index contributed by atoms with van der Waals surface area (Å²) in [7, 11) is -1.28. The van der Waals surface area contributed by atoms with E-state index in [0.29, 0.717) is 42.1 Å². The van der Waals surface area contributed by atoms with Gasteiger partial charge in [-0.2, -0.15) is 0 Å². The summed E-state index contributed by atoms with van der Waals surface area (Å²) in [5.74, 6) is 0.0555. The predicted octanol–water partition coefficient (Wildman–Crippen LogP) is 2.07. The van der Waals surface area contributed by atoms with Crippen LogP contribution in [0.4, 0.5) is 0 Å². The minimum Gasteiger partial charge on any atom is -0.534 e. The molecule has 0 bridgehead atoms. The lowest BCUT2D eigenvalue weighted by Crippen LogP contribution is -2.53. The van der Waals surface area contributed by atoms with Crippen molar-refractivity contribution in [3.05, 3.63) is 29.3 Å². The van der Waals surface area contributed by atoms with Crippen LogP contribution in [0.2, 0.25) is 0 Å². The molecule has 1 saturated heterocycles. The minimum atomic E-state index is -1.28. The van der Waals surface area contributed by atoms with E-state index in [0.717, 1.165) is 58.2 Å². The molecule has 4 rings (SSSR count). The Kier molecular flexibility index (Phi) is 8.33. The van der Waals surface area contributed by atoms with Crippen molar-refractivity contribution in [1.29, 1.82) is 5.41 Å². The van der Waals surface area contributed by atoms with Gasteiger partial charge >= 0.3 is 13.1 Å². The number of para-hydroxylation sites is 1. The fourth-order valence-electron chi connectivity index (χ4n) is 5.62. The van der Waals surface area contributed by atoms with Gasteiger partial charge in [0.05, 0.1) is 17.3 Å². The van der Waals surface area contributed by atoms with Crippen LogP contribution in [-0.4, -0.2) is 71.5 Å². The SMILES string of the molecule is CC(=N)N1CCC(CNC2CCC(CC(=O)N[C@H]3Cc4cccc(C(=O)O)c4OB3O)CC2)CC1. The van der Waals surface area contributed by atoms with Crippen molar-refractivity contribution in [3.63, 3.8) is 0 Å². The molecule has 5 N–H and O–H groups in total. The summed E-state index contributed by atoms with van der Waals surface area (Å²) in [5.41, 5.74) is 0.689. The molecule has 0 spiro atoms. The zero-order valence-corrected chi connectivity index (χ0v) is 20.5. The third-order valence-corrected chi connectivity index (χ3v) is 7.80. The molecule has 35 heavy (non-hydrogen) atoms. The molecule has 1 aliphatic carbocycles. The number of likely N-dealkylation sites (tertiary alicyclic amines) is 1. The first kappa shape index (κ1) is 25.5. The smallest absolute Gasteiger partial charge is 0.534 e. The molecule has 1 atom stereocenters. The number of carboxylic acids is 1. The van der Waals surface area contributed by atoms with Gasteiger partial charge in [0.15, 0.2) is 0 Å². The van der Waals surface area contributed by atoms with Crippen LogP contribution in [0.25, 0.3) is 0 Å². The summed E-state index contributed by atoms with van der Waals surface area (Å²) in [6, 6.07) is 5.36. The van der Waals surface area contributed by atoms with E-state index in [4.69, 9.17) is 10.1 Å². The standard InChI is InChI=1S/C25H37BN4O5/c1-16(27)30-11-9-18(10-12-30)15-28-20-7-5-17(6-8-20)13-23(31)29-22-14-19-3-2-4-21(25(32)33)24(19)35-26(22)34/h2-4,17-18,20,22,27-28,34H,5-15H2,1H3,(H,29,31)(H,32,33)/t17?,20?,22-/m0/s1. The first-order valence-corrected chi connectivity index (χ1v) is 12.8. The second kappa shape index (κ2) is 11.4. The molecule has 0 unspecified atom stereocenters. The van der Waals surface area contributed by atoms with E-state index in [1.165, 1.54) is 6.07 Å². The molecule has 190 valence electrons. The number of amidine groups is 1. The molecule has 9 nitrogen and oxygen atoms in total. The Morgan fingerprint density at radius 1 is 1.14 bits per heavy atom. The highest BCUT2D eigenvalue weighted by Crippen LogP contribution is 2.31. The van der Waals surface area contributed by atoms with Crippen LogP contribution in [0.15, 0.2) is 18.2 Å². The average Bonchev–Trinajstić information content (AvgIpc) is 2.84. The van der Waals surface area contributed by atoms with E-state index >= 15 is 0 Å². The van der Waals surface area contributed by atoms with E-state index in [1.54, 1.807) is 12.1 Å². The highest BCUT2D eigenvalue weighted by atomic mass is 16.5. The summed E-state index contributed by atoms with van der Waals surface area (Å²) >= 11 is 0. The van der Waals surface area contributed by atoms with Crippen LogP contribution in [-0.2, 0) is 11.2 Å². The molecule has 1 saturated carbocycles.